The molecular formula is C18H19ClO2. The zero-order valence-electron chi connectivity index (χ0n) is 12.5. The van der Waals surface area contributed by atoms with Crippen LogP contribution in [0.4, 0.5) is 0 Å². The number of carboxylic acid groups (broad SMARTS) is 1. The molecule has 0 saturated heterocycles. The van der Waals surface area contributed by atoms with Crippen molar-refractivity contribution in [2.24, 2.45) is 0 Å². The maximum Gasteiger partial charge on any atom is 0.335 e. The highest BCUT2D eigenvalue weighted by Gasteiger charge is 2.18. The highest BCUT2D eigenvalue weighted by molar-refractivity contribution is 6.33. The van der Waals surface area contributed by atoms with Crippen molar-refractivity contribution in [3.63, 3.8) is 0 Å². The molecule has 0 spiro atoms. The fourth-order valence-corrected chi connectivity index (χ4v) is 2.41. The van der Waals surface area contributed by atoms with E-state index in [0.29, 0.717) is 5.02 Å². The van der Waals surface area contributed by atoms with E-state index in [9.17, 15) is 4.79 Å². The van der Waals surface area contributed by atoms with Gasteiger partial charge >= 0.3 is 5.97 Å². The average Bonchev–Trinajstić information content (AvgIpc) is 2.47. The van der Waals surface area contributed by atoms with E-state index < -0.39 is 5.97 Å². The molecule has 2 aromatic rings. The Kier molecular flexibility index (Phi) is 4.38. The van der Waals surface area contributed by atoms with E-state index in [2.05, 4.69) is 32.9 Å². The molecule has 0 heterocycles. The first-order valence-corrected chi connectivity index (χ1v) is 7.36. The van der Waals surface area contributed by atoms with Crippen molar-refractivity contribution in [3.8, 4) is 11.1 Å². The summed E-state index contributed by atoms with van der Waals surface area (Å²) in [5.41, 5.74) is 3.31. The second-order valence-corrected chi connectivity index (χ2v) is 6.22. The highest BCUT2D eigenvalue weighted by Crippen LogP contribution is 2.32. The van der Waals surface area contributed by atoms with Crippen LogP contribution in [0, 0.1) is 0 Å². The number of benzene rings is 2. The van der Waals surface area contributed by atoms with Gasteiger partial charge in [0.25, 0.3) is 0 Å². The SMILES string of the molecule is CCC(C)(C)c1ccc(-c2cc(C(=O)O)ccc2Cl)cc1. The van der Waals surface area contributed by atoms with Gasteiger partial charge < -0.3 is 5.11 Å². The molecule has 0 radical (unpaired) electrons. The number of rotatable bonds is 4. The number of hydrogen-bond acceptors (Lipinski definition) is 1. The van der Waals surface area contributed by atoms with Gasteiger partial charge in [-0.3, -0.25) is 0 Å². The van der Waals surface area contributed by atoms with Crippen molar-refractivity contribution in [1.29, 1.82) is 0 Å². The van der Waals surface area contributed by atoms with E-state index in [0.717, 1.165) is 17.5 Å². The maximum absolute atomic E-state index is 11.1. The fraction of sp³-hybridized carbons (Fsp3) is 0.278. The standard InChI is InChI=1S/C18H19ClO2/c1-4-18(2,3)14-8-5-12(6-9-14)15-11-13(17(20)21)7-10-16(15)19/h5-11H,4H2,1-3H3,(H,20,21). The Labute approximate surface area is 130 Å². The minimum absolute atomic E-state index is 0.130. The number of carbonyl (C=O) groups is 1. The lowest BCUT2D eigenvalue weighted by atomic mass is 9.82. The van der Waals surface area contributed by atoms with E-state index >= 15 is 0 Å². The van der Waals surface area contributed by atoms with Crippen molar-refractivity contribution < 1.29 is 9.90 Å². The lowest BCUT2D eigenvalue weighted by molar-refractivity contribution is 0.0697. The molecule has 2 rings (SSSR count). The third kappa shape index (κ3) is 3.27. The highest BCUT2D eigenvalue weighted by atomic mass is 35.5. The first kappa shape index (κ1) is 15.6. The van der Waals surface area contributed by atoms with Crippen LogP contribution >= 0.6 is 11.6 Å². The molecule has 0 aromatic heterocycles. The molecule has 0 atom stereocenters. The quantitative estimate of drug-likeness (QED) is 0.821. The summed E-state index contributed by atoms with van der Waals surface area (Å²) in [6, 6.07) is 12.9. The lowest BCUT2D eigenvalue weighted by Crippen LogP contribution is -2.14. The van der Waals surface area contributed by atoms with Gasteiger partial charge in [0.1, 0.15) is 0 Å². The van der Waals surface area contributed by atoms with Crippen LogP contribution in [0.25, 0.3) is 11.1 Å². The lowest BCUT2D eigenvalue weighted by Gasteiger charge is -2.23. The molecule has 0 aliphatic rings. The summed E-state index contributed by atoms with van der Waals surface area (Å²) in [5, 5.41) is 9.64. The van der Waals surface area contributed by atoms with Crippen molar-refractivity contribution in [3.05, 3.63) is 58.6 Å². The average molecular weight is 303 g/mol. The molecule has 2 aromatic carbocycles. The molecule has 1 N–H and O–H groups in total. The van der Waals surface area contributed by atoms with Gasteiger partial charge in [-0.2, -0.15) is 0 Å². The third-order valence-electron chi connectivity index (χ3n) is 4.07. The topological polar surface area (TPSA) is 37.3 Å². The zero-order valence-corrected chi connectivity index (χ0v) is 13.2. The number of aromatic carboxylic acids is 1. The predicted octanol–water partition coefficient (Wildman–Crippen LogP) is 5.39. The first-order valence-electron chi connectivity index (χ1n) is 6.99. The van der Waals surface area contributed by atoms with Crippen molar-refractivity contribution in [2.75, 3.05) is 0 Å². The van der Waals surface area contributed by atoms with Crippen LogP contribution in [0.3, 0.4) is 0 Å². The molecule has 3 heteroatoms. The van der Waals surface area contributed by atoms with E-state index in [4.69, 9.17) is 16.7 Å². The van der Waals surface area contributed by atoms with Crippen LogP contribution in [0.2, 0.25) is 5.02 Å². The molecule has 0 fully saturated rings. The summed E-state index contributed by atoms with van der Waals surface area (Å²) in [6.07, 6.45) is 1.06. The smallest absolute Gasteiger partial charge is 0.335 e. The van der Waals surface area contributed by atoms with Crippen LogP contribution in [0.1, 0.15) is 43.1 Å². The predicted molar refractivity (Wildman–Crippen MR) is 87.2 cm³/mol. The second kappa shape index (κ2) is 5.90. The van der Waals surface area contributed by atoms with Gasteiger partial charge in [0.15, 0.2) is 0 Å². The fourth-order valence-electron chi connectivity index (χ4n) is 2.18. The first-order chi connectivity index (χ1) is 9.85. The summed E-state index contributed by atoms with van der Waals surface area (Å²) < 4.78 is 0. The molecule has 0 amide bonds. The number of hydrogen-bond donors (Lipinski definition) is 1. The third-order valence-corrected chi connectivity index (χ3v) is 4.40. The molecule has 0 saturated carbocycles. The molecule has 0 bridgehead atoms. The Morgan fingerprint density at radius 1 is 1.14 bits per heavy atom. The van der Waals surface area contributed by atoms with Gasteiger partial charge in [0.2, 0.25) is 0 Å². The molecule has 2 nitrogen and oxygen atoms in total. The summed E-state index contributed by atoms with van der Waals surface area (Å²) >= 11 is 6.20. The molecule has 0 aliphatic carbocycles. The van der Waals surface area contributed by atoms with Gasteiger partial charge in [0.05, 0.1) is 5.56 Å². The number of carboxylic acids is 1. The van der Waals surface area contributed by atoms with Gasteiger partial charge in [-0.1, -0.05) is 56.6 Å². The largest absolute Gasteiger partial charge is 0.478 e. The van der Waals surface area contributed by atoms with Crippen LogP contribution in [-0.2, 0) is 5.41 Å². The second-order valence-electron chi connectivity index (χ2n) is 5.81. The van der Waals surface area contributed by atoms with Gasteiger partial charge in [-0.15, -0.1) is 0 Å². The van der Waals surface area contributed by atoms with Gasteiger partial charge in [0, 0.05) is 10.6 Å². The minimum atomic E-state index is -0.948. The number of halogens is 1. The van der Waals surface area contributed by atoms with Crippen LogP contribution in [0.15, 0.2) is 42.5 Å². The van der Waals surface area contributed by atoms with Crippen LogP contribution in [0.5, 0.6) is 0 Å². The molecule has 21 heavy (non-hydrogen) atoms. The Hall–Kier alpha value is -1.80. The summed E-state index contributed by atoms with van der Waals surface area (Å²) in [6.45, 7) is 6.58. The summed E-state index contributed by atoms with van der Waals surface area (Å²) in [7, 11) is 0. The van der Waals surface area contributed by atoms with Gasteiger partial charge in [-0.25, -0.2) is 4.79 Å². The van der Waals surface area contributed by atoms with Crippen molar-refractivity contribution >= 4 is 17.6 Å². The van der Waals surface area contributed by atoms with Gasteiger partial charge in [-0.05, 0) is 41.2 Å². The van der Waals surface area contributed by atoms with E-state index in [1.54, 1.807) is 12.1 Å². The Morgan fingerprint density at radius 3 is 2.29 bits per heavy atom. The minimum Gasteiger partial charge on any atom is -0.478 e. The Morgan fingerprint density at radius 2 is 1.76 bits per heavy atom. The van der Waals surface area contributed by atoms with E-state index in [1.807, 2.05) is 12.1 Å². The van der Waals surface area contributed by atoms with Crippen molar-refractivity contribution in [2.45, 2.75) is 32.6 Å². The Bertz CT molecular complexity index is 657. The molecular weight excluding hydrogens is 284 g/mol. The zero-order chi connectivity index (χ0) is 15.6. The summed E-state index contributed by atoms with van der Waals surface area (Å²) in [4.78, 5) is 11.1. The van der Waals surface area contributed by atoms with E-state index in [-0.39, 0.29) is 11.0 Å². The van der Waals surface area contributed by atoms with Crippen LogP contribution in [-0.4, -0.2) is 11.1 Å². The maximum atomic E-state index is 11.1. The molecule has 0 unspecified atom stereocenters. The van der Waals surface area contributed by atoms with Crippen LogP contribution < -0.4 is 0 Å². The van der Waals surface area contributed by atoms with Crippen molar-refractivity contribution in [1.82, 2.24) is 0 Å². The molecule has 110 valence electrons. The molecule has 0 aliphatic heterocycles. The summed E-state index contributed by atoms with van der Waals surface area (Å²) in [5.74, 6) is -0.948. The Balaban J connectivity index is 2.44. The normalized spacial score (nSPS) is 11.4. The van der Waals surface area contributed by atoms with E-state index in [1.165, 1.54) is 11.6 Å². The monoisotopic (exact) mass is 302 g/mol.